The Labute approximate surface area is 202 Å². The molecule has 0 saturated heterocycles. The molecule has 34 heavy (non-hydrogen) atoms. The Morgan fingerprint density at radius 3 is 1.59 bits per heavy atom. The molecule has 5 rings (SSSR count). The van der Waals surface area contributed by atoms with Crippen molar-refractivity contribution in [2.24, 2.45) is 0 Å². The molecule has 0 N–H and O–H groups in total. The molecule has 0 spiro atoms. The third-order valence-electron chi connectivity index (χ3n) is 6.47. The maximum Gasteiger partial charge on any atom is 0.0270 e. The maximum atomic E-state index is 4.23. The highest BCUT2D eigenvalue weighted by atomic mass is 14.6. The van der Waals surface area contributed by atoms with Gasteiger partial charge in [-0.3, -0.25) is 4.98 Å². The van der Waals surface area contributed by atoms with E-state index in [1.807, 2.05) is 12.4 Å². The standard InChI is InChI=1S/C33H29N/c1-2-27-24-30(22-26-18-20-34-21-19-26)33(29-16-10-5-11-17-29)31(23-25-12-6-3-7-13-25)32(27)28-14-8-4-9-15-28/h3-21,24H,2,22-23H2,1H3. The molecule has 0 radical (unpaired) electrons. The number of hydrogen-bond acceptors (Lipinski definition) is 1. The zero-order chi connectivity index (χ0) is 23.2. The number of hydrogen-bond donors (Lipinski definition) is 0. The van der Waals surface area contributed by atoms with Crippen molar-refractivity contribution in [3.8, 4) is 22.3 Å². The van der Waals surface area contributed by atoms with Gasteiger partial charge in [-0.15, -0.1) is 0 Å². The number of nitrogens with zero attached hydrogens (tertiary/aromatic N) is 1. The molecule has 1 nitrogen and oxygen atoms in total. The van der Waals surface area contributed by atoms with Crippen molar-refractivity contribution in [1.82, 2.24) is 4.98 Å². The van der Waals surface area contributed by atoms with Crippen LogP contribution in [0.25, 0.3) is 22.3 Å². The van der Waals surface area contributed by atoms with Gasteiger partial charge in [0.25, 0.3) is 0 Å². The lowest BCUT2D eigenvalue weighted by Gasteiger charge is -2.23. The first kappa shape index (κ1) is 21.9. The van der Waals surface area contributed by atoms with Crippen LogP contribution in [-0.4, -0.2) is 4.98 Å². The van der Waals surface area contributed by atoms with Crippen LogP contribution in [-0.2, 0) is 19.3 Å². The normalized spacial score (nSPS) is 10.9. The Morgan fingerprint density at radius 1 is 0.529 bits per heavy atom. The monoisotopic (exact) mass is 439 g/mol. The highest BCUT2D eigenvalue weighted by molar-refractivity contribution is 5.84. The number of benzene rings is 4. The average molecular weight is 440 g/mol. The SMILES string of the molecule is CCc1cc(Cc2ccncc2)c(-c2ccccc2)c(Cc2ccccc2)c1-c1ccccc1. The number of rotatable bonds is 7. The molecule has 0 aliphatic carbocycles. The van der Waals surface area contributed by atoms with Crippen molar-refractivity contribution in [2.45, 2.75) is 26.2 Å². The molecular formula is C33H29N. The fraction of sp³-hybridized carbons (Fsp3) is 0.121. The van der Waals surface area contributed by atoms with Crippen molar-refractivity contribution in [1.29, 1.82) is 0 Å². The molecule has 1 aromatic heterocycles. The Morgan fingerprint density at radius 2 is 1.03 bits per heavy atom. The highest BCUT2D eigenvalue weighted by Crippen LogP contribution is 2.40. The lowest BCUT2D eigenvalue weighted by atomic mass is 9.80. The van der Waals surface area contributed by atoms with Crippen LogP contribution < -0.4 is 0 Å². The van der Waals surface area contributed by atoms with Gasteiger partial charge in [-0.2, -0.15) is 0 Å². The van der Waals surface area contributed by atoms with Gasteiger partial charge in [-0.05, 0) is 81.5 Å². The van der Waals surface area contributed by atoms with Crippen molar-refractivity contribution >= 4 is 0 Å². The van der Waals surface area contributed by atoms with E-state index in [0.717, 1.165) is 19.3 Å². The number of aromatic nitrogens is 1. The highest BCUT2D eigenvalue weighted by Gasteiger charge is 2.20. The quantitative estimate of drug-likeness (QED) is 0.249. The summed E-state index contributed by atoms with van der Waals surface area (Å²) in [5, 5.41) is 0. The molecule has 0 bridgehead atoms. The zero-order valence-electron chi connectivity index (χ0n) is 19.6. The van der Waals surface area contributed by atoms with Gasteiger partial charge in [-0.25, -0.2) is 0 Å². The van der Waals surface area contributed by atoms with Gasteiger partial charge in [0.05, 0.1) is 0 Å². The average Bonchev–Trinajstić information content (AvgIpc) is 2.90. The van der Waals surface area contributed by atoms with Crippen molar-refractivity contribution in [3.63, 3.8) is 0 Å². The second-order valence-electron chi connectivity index (χ2n) is 8.70. The van der Waals surface area contributed by atoms with Gasteiger partial charge in [0.2, 0.25) is 0 Å². The predicted molar refractivity (Wildman–Crippen MR) is 143 cm³/mol. The number of aryl methyl sites for hydroxylation is 1. The van der Waals surface area contributed by atoms with E-state index in [1.165, 1.54) is 50.1 Å². The summed E-state index contributed by atoms with van der Waals surface area (Å²) in [6.45, 7) is 2.27. The summed E-state index contributed by atoms with van der Waals surface area (Å²) in [4.78, 5) is 4.23. The summed E-state index contributed by atoms with van der Waals surface area (Å²) < 4.78 is 0. The van der Waals surface area contributed by atoms with E-state index in [9.17, 15) is 0 Å². The minimum absolute atomic E-state index is 0.886. The van der Waals surface area contributed by atoms with Gasteiger partial charge < -0.3 is 0 Å². The molecule has 0 amide bonds. The zero-order valence-corrected chi connectivity index (χ0v) is 19.6. The molecule has 0 fully saturated rings. The maximum absolute atomic E-state index is 4.23. The van der Waals surface area contributed by atoms with Crippen LogP contribution in [0, 0.1) is 0 Å². The summed E-state index contributed by atoms with van der Waals surface area (Å²) in [6, 6.07) is 39.3. The second-order valence-corrected chi connectivity index (χ2v) is 8.70. The van der Waals surface area contributed by atoms with Crippen molar-refractivity contribution in [3.05, 3.63) is 149 Å². The van der Waals surface area contributed by atoms with Crippen LogP contribution in [0.4, 0.5) is 0 Å². The molecule has 0 atom stereocenters. The minimum atomic E-state index is 0.886. The van der Waals surface area contributed by atoms with Crippen molar-refractivity contribution in [2.75, 3.05) is 0 Å². The van der Waals surface area contributed by atoms with Crippen molar-refractivity contribution < 1.29 is 0 Å². The van der Waals surface area contributed by atoms with Crippen LogP contribution in [0.2, 0.25) is 0 Å². The first-order valence-corrected chi connectivity index (χ1v) is 12.0. The molecule has 0 saturated carbocycles. The van der Waals surface area contributed by atoms with Gasteiger partial charge in [0.15, 0.2) is 0 Å². The van der Waals surface area contributed by atoms with E-state index in [1.54, 1.807) is 0 Å². The Kier molecular flexibility index (Phi) is 6.63. The summed E-state index contributed by atoms with van der Waals surface area (Å²) in [5.74, 6) is 0. The fourth-order valence-electron chi connectivity index (χ4n) is 4.91. The van der Waals surface area contributed by atoms with E-state index in [-0.39, 0.29) is 0 Å². The topological polar surface area (TPSA) is 12.9 Å². The molecule has 1 heterocycles. The van der Waals surface area contributed by atoms with Gasteiger partial charge in [0, 0.05) is 12.4 Å². The van der Waals surface area contributed by atoms with Crippen LogP contribution in [0.1, 0.15) is 34.7 Å². The second kappa shape index (κ2) is 10.3. The largest absolute Gasteiger partial charge is 0.265 e. The lowest BCUT2D eigenvalue weighted by molar-refractivity contribution is 1.07. The third-order valence-corrected chi connectivity index (χ3v) is 6.47. The van der Waals surface area contributed by atoms with E-state index >= 15 is 0 Å². The first-order chi connectivity index (χ1) is 16.8. The fourth-order valence-corrected chi connectivity index (χ4v) is 4.91. The Hall–Kier alpha value is -3.97. The smallest absolute Gasteiger partial charge is 0.0270 e. The predicted octanol–water partition coefficient (Wildman–Crippen LogP) is 8.16. The van der Waals surface area contributed by atoms with Crippen LogP contribution in [0.15, 0.2) is 122 Å². The molecule has 166 valence electrons. The van der Waals surface area contributed by atoms with Gasteiger partial charge in [0.1, 0.15) is 0 Å². The molecule has 0 aliphatic heterocycles. The van der Waals surface area contributed by atoms with Crippen LogP contribution in [0.3, 0.4) is 0 Å². The molecule has 0 aliphatic rings. The lowest BCUT2D eigenvalue weighted by Crippen LogP contribution is -2.05. The van der Waals surface area contributed by atoms with E-state index in [2.05, 4.69) is 121 Å². The Balaban J connectivity index is 1.82. The van der Waals surface area contributed by atoms with Crippen LogP contribution >= 0.6 is 0 Å². The molecular weight excluding hydrogens is 410 g/mol. The Bertz CT molecular complexity index is 1340. The van der Waals surface area contributed by atoms with Crippen LogP contribution in [0.5, 0.6) is 0 Å². The third kappa shape index (κ3) is 4.70. The van der Waals surface area contributed by atoms with Gasteiger partial charge in [-0.1, -0.05) is 104 Å². The summed E-state index contributed by atoms with van der Waals surface area (Å²) >= 11 is 0. The van der Waals surface area contributed by atoms with E-state index in [4.69, 9.17) is 0 Å². The molecule has 1 heteroatoms. The minimum Gasteiger partial charge on any atom is -0.265 e. The molecule has 5 aromatic rings. The van der Waals surface area contributed by atoms with E-state index < -0.39 is 0 Å². The molecule has 0 unspecified atom stereocenters. The summed E-state index contributed by atoms with van der Waals surface area (Å²) in [7, 11) is 0. The first-order valence-electron chi connectivity index (χ1n) is 12.0. The van der Waals surface area contributed by atoms with Gasteiger partial charge >= 0.3 is 0 Å². The number of pyridine rings is 1. The van der Waals surface area contributed by atoms with E-state index in [0.29, 0.717) is 0 Å². The summed E-state index contributed by atoms with van der Waals surface area (Å²) in [5.41, 5.74) is 12.1. The molecule has 4 aromatic carbocycles. The summed E-state index contributed by atoms with van der Waals surface area (Å²) in [6.07, 6.45) is 6.55.